The molecule has 9 rings (SSSR count). The number of phosphoric acid groups is 1. The van der Waals surface area contributed by atoms with Crippen LogP contribution in [-0.2, 0) is 51.1 Å². The van der Waals surface area contributed by atoms with Gasteiger partial charge < -0.3 is 44.2 Å². The number of nitrogens with zero attached hydrogens (tertiary/aromatic N) is 7. The summed E-state index contributed by atoms with van der Waals surface area (Å²) in [7, 11) is -1.92. The second-order valence-corrected chi connectivity index (χ2v) is 24.5. The molecule has 0 aliphatic carbocycles. The number of hydrogen-bond acceptors (Lipinski definition) is 14. The van der Waals surface area contributed by atoms with Crippen LogP contribution in [0, 0.1) is 17.2 Å². The minimum Gasteiger partial charge on any atom is -0.495 e. The van der Waals surface area contributed by atoms with E-state index < -0.39 is 109 Å². The van der Waals surface area contributed by atoms with Gasteiger partial charge in [-0.2, -0.15) is 13.2 Å². The van der Waals surface area contributed by atoms with Crippen molar-refractivity contribution in [3.63, 3.8) is 0 Å². The first-order chi connectivity index (χ1) is 38.4. The van der Waals surface area contributed by atoms with Crippen LogP contribution in [0.5, 0.6) is 5.75 Å². The molecule has 0 bridgehead atoms. The van der Waals surface area contributed by atoms with Gasteiger partial charge in [-0.05, 0) is 91.9 Å². The number of phosphoric ester groups is 1. The van der Waals surface area contributed by atoms with Gasteiger partial charge in [-0.15, -0.1) is 0 Å². The molecule has 5 aliphatic rings. The van der Waals surface area contributed by atoms with E-state index in [0.29, 0.717) is 54.2 Å². The minimum absolute atomic E-state index is 0.0245. The largest absolute Gasteiger partial charge is 0.495 e. The van der Waals surface area contributed by atoms with Crippen molar-refractivity contribution in [2.45, 2.75) is 109 Å². The number of imide groups is 1. The van der Waals surface area contributed by atoms with E-state index in [1.54, 1.807) is 55.8 Å². The Hall–Kier alpha value is -6.69. The van der Waals surface area contributed by atoms with Gasteiger partial charge in [0.1, 0.15) is 30.0 Å². The van der Waals surface area contributed by atoms with Gasteiger partial charge >= 0.3 is 20.0 Å². The number of carbonyl (C=O) groups excluding carboxylic acids is 6. The van der Waals surface area contributed by atoms with Gasteiger partial charge in [-0.25, -0.2) is 8.96 Å². The molecule has 82 heavy (non-hydrogen) atoms. The van der Waals surface area contributed by atoms with E-state index in [1.165, 1.54) is 42.3 Å². The number of ether oxygens (including phenoxy) is 2. The molecule has 3 aromatic carbocycles. The summed E-state index contributed by atoms with van der Waals surface area (Å²) in [5.74, 6) is -5.91. The summed E-state index contributed by atoms with van der Waals surface area (Å²) in [6, 6.07) is 12.1. The van der Waals surface area contributed by atoms with E-state index in [9.17, 15) is 41.7 Å². The second-order valence-electron chi connectivity index (χ2n) is 22.9. The monoisotopic (exact) mass is 1180 g/mol. The number of piperazine rings is 1. The zero-order valence-corrected chi connectivity index (χ0v) is 48.0. The molecule has 3 fully saturated rings. The van der Waals surface area contributed by atoms with Crippen LogP contribution in [-0.4, -0.2) is 148 Å². The number of likely N-dealkylation sites (tertiary alicyclic amines) is 2. The Labute approximate surface area is 475 Å². The molecule has 2 unspecified atom stereocenters. The van der Waals surface area contributed by atoms with Crippen LogP contribution in [0.15, 0.2) is 66.9 Å². The number of halogens is 5. The third kappa shape index (κ3) is 11.4. The van der Waals surface area contributed by atoms with E-state index >= 15 is 9.18 Å². The Bertz CT molecular complexity index is 3280. The summed E-state index contributed by atoms with van der Waals surface area (Å²) >= 11 is 6.52. The first-order valence-electron chi connectivity index (χ1n) is 26.7. The third-order valence-electron chi connectivity index (χ3n) is 16.2. The maximum atomic E-state index is 16.9. The number of esters is 1. The fourth-order valence-corrected chi connectivity index (χ4v) is 12.7. The van der Waals surface area contributed by atoms with E-state index in [4.69, 9.17) is 30.9 Å². The van der Waals surface area contributed by atoms with Gasteiger partial charge in [-0.3, -0.25) is 48.1 Å². The van der Waals surface area contributed by atoms with Crippen molar-refractivity contribution in [3.8, 4) is 5.75 Å². The van der Waals surface area contributed by atoms with Crippen LogP contribution in [0.2, 0.25) is 5.02 Å². The molecule has 3 N–H and O–H groups in total. The number of anilines is 3. The fourth-order valence-electron chi connectivity index (χ4n) is 12.3. The van der Waals surface area contributed by atoms with Crippen molar-refractivity contribution in [2.75, 3.05) is 68.7 Å². The number of aromatic nitrogens is 1. The van der Waals surface area contributed by atoms with Crippen LogP contribution >= 0.6 is 19.4 Å². The van der Waals surface area contributed by atoms with Crippen molar-refractivity contribution in [1.29, 1.82) is 0 Å². The lowest BCUT2D eigenvalue weighted by Gasteiger charge is -2.41. The van der Waals surface area contributed by atoms with Gasteiger partial charge in [0.2, 0.25) is 11.8 Å². The molecule has 20 nitrogen and oxygen atoms in total. The number of methoxy groups -OCH3 is 1. The first-order valence-corrected chi connectivity index (χ1v) is 28.6. The normalized spacial score (nSPS) is 22.8. The molecule has 0 radical (unpaired) electrons. The zero-order chi connectivity index (χ0) is 59.7. The van der Waals surface area contributed by atoms with Gasteiger partial charge in [0.25, 0.3) is 17.7 Å². The summed E-state index contributed by atoms with van der Waals surface area (Å²) in [4.78, 5) is 113. The molecular weight excluding hydrogens is 1120 g/mol. The lowest BCUT2D eigenvalue weighted by molar-refractivity contribution is -0.156. The van der Waals surface area contributed by atoms with Crippen molar-refractivity contribution in [3.05, 3.63) is 111 Å². The molecule has 6 atom stereocenters. The number of amides is 5. The highest BCUT2D eigenvalue weighted by Gasteiger charge is 2.66. The van der Waals surface area contributed by atoms with Gasteiger partial charge in [0.05, 0.1) is 29.8 Å². The number of carbonyl (C=O) groups is 6. The van der Waals surface area contributed by atoms with Crippen LogP contribution in [0.1, 0.15) is 110 Å². The number of nitrogens with one attached hydrogen (secondary N) is 1. The van der Waals surface area contributed by atoms with E-state index in [0.717, 1.165) is 18.0 Å². The Kier molecular flexibility index (Phi) is 16.4. The van der Waals surface area contributed by atoms with Crippen LogP contribution in [0.4, 0.5) is 34.6 Å². The van der Waals surface area contributed by atoms with Crippen LogP contribution < -0.4 is 19.9 Å². The summed E-state index contributed by atoms with van der Waals surface area (Å²) < 4.78 is 87.9. The number of piperidine rings is 1. The first kappa shape index (κ1) is 59.9. The van der Waals surface area contributed by atoms with Crippen LogP contribution in [0.25, 0.3) is 0 Å². The Balaban J connectivity index is 0.954. The van der Waals surface area contributed by atoms with Gasteiger partial charge in [-0.1, -0.05) is 58.4 Å². The van der Waals surface area contributed by atoms with Gasteiger partial charge in [0, 0.05) is 97.3 Å². The van der Waals surface area contributed by atoms with E-state index in [-0.39, 0.29) is 65.1 Å². The number of fused-ring (bicyclic) bond motifs is 3. The lowest BCUT2D eigenvalue weighted by Crippen LogP contribution is -2.55. The van der Waals surface area contributed by atoms with Crippen molar-refractivity contribution < 1.29 is 74.7 Å². The molecule has 1 aromatic heterocycles. The van der Waals surface area contributed by atoms with E-state index in [1.807, 2.05) is 36.6 Å². The van der Waals surface area contributed by atoms with Crippen molar-refractivity contribution >= 4 is 72.0 Å². The topological polar surface area (TPSA) is 232 Å². The predicted octanol–water partition coefficient (Wildman–Crippen LogP) is 7.55. The maximum absolute atomic E-state index is 16.9. The molecule has 0 saturated carbocycles. The molecule has 440 valence electrons. The molecule has 1 spiro atoms. The summed E-state index contributed by atoms with van der Waals surface area (Å²) in [5, 5.41) is 2.74. The predicted molar refractivity (Wildman–Crippen MR) is 291 cm³/mol. The SMILES string of the molecule is COc1cc(C(=O)N2CCN(c3ccc4c(c3)CN(C3CCC(=O)N(COP(=O)(O)O)C3=O)C4=O)CC2)ccc1NC(=O)[C@H]1[C@H](c2cccc(Cl)c2F)[C@]2(CN(C(C)OC(=O)C(C)C)c3cc(C(F)(F)F)ncc32)[C@H](CC(C)(C)C)N1C. The maximum Gasteiger partial charge on any atom is 0.471 e. The Morgan fingerprint density at radius 2 is 1.68 bits per heavy atom. The number of pyridine rings is 1. The Morgan fingerprint density at radius 3 is 2.33 bits per heavy atom. The van der Waals surface area contributed by atoms with Gasteiger partial charge in [0.15, 0.2) is 6.23 Å². The Morgan fingerprint density at radius 1 is 0.976 bits per heavy atom. The van der Waals surface area contributed by atoms with Crippen molar-refractivity contribution in [2.24, 2.45) is 11.3 Å². The molecule has 4 aromatic rings. The quantitative estimate of drug-likeness (QED) is 0.0479. The average molecular weight is 1180 g/mol. The second kappa shape index (κ2) is 22.5. The summed E-state index contributed by atoms with van der Waals surface area (Å²) in [6.07, 6.45) is -4.61. The lowest BCUT2D eigenvalue weighted by atomic mass is 9.63. The molecule has 5 aliphatic heterocycles. The molecular formula is C56H64ClF4N8O12P. The molecule has 6 heterocycles. The highest BCUT2D eigenvalue weighted by Crippen LogP contribution is 2.61. The smallest absolute Gasteiger partial charge is 0.471 e. The fraction of sp³-hybridized carbons (Fsp3) is 0.482. The third-order valence-corrected chi connectivity index (χ3v) is 16.9. The average Bonchev–Trinajstić information content (AvgIpc) is 1.65. The summed E-state index contributed by atoms with van der Waals surface area (Å²) in [6.45, 7) is 11.1. The summed E-state index contributed by atoms with van der Waals surface area (Å²) in [5.41, 5.74) is -0.521. The minimum atomic E-state index is -5.00. The number of alkyl halides is 3. The van der Waals surface area contributed by atoms with Crippen molar-refractivity contribution in [1.82, 2.24) is 24.6 Å². The number of hydrogen-bond donors (Lipinski definition) is 3. The molecule has 26 heteroatoms. The highest BCUT2D eigenvalue weighted by molar-refractivity contribution is 7.46. The standard InChI is InChI=1S/C56H64ClF4N8O12P/c1-30(2)53(75)81-31(3)68-28-55(37-26-62-43(24-41(37)68)56(59,60)61)44(25-54(4,5)6)64(7)48(46(55)36-10-9-11-38(57)47(36)58)49(71)63-39-15-12-32(23-42(39)79-8)50(72)66-20-18-65(19-21-66)34-13-14-35-33(22-34)27-67(51(35)73)40-16-17-45(70)69(52(40)74)29-80-82(76,77)78/h9-15,22-24,26,30-31,40,44,46,48H,16-21,25,27-29H2,1-8H3,(H,63,71)(H2,76,77,78)/t31?,40?,44-,46-,48+,55-/m0/s1. The zero-order valence-electron chi connectivity index (χ0n) is 46.3. The number of rotatable bonds is 14. The molecule has 5 amide bonds. The highest BCUT2D eigenvalue weighted by atomic mass is 35.5. The van der Waals surface area contributed by atoms with Crippen LogP contribution in [0.3, 0.4) is 0 Å². The molecule has 3 saturated heterocycles. The number of likely N-dealkylation sites (N-methyl/N-ethyl adjacent to an activating group) is 1. The number of benzene rings is 3. The van der Waals surface area contributed by atoms with E-state index in [2.05, 4.69) is 14.8 Å².